The first-order valence-electron chi connectivity index (χ1n) is 5.23. The normalized spacial score (nSPS) is 10.2. The number of nitrogens with one attached hydrogen (secondary N) is 1. The predicted molar refractivity (Wildman–Crippen MR) is 74.4 cm³/mol. The fourth-order valence-corrected chi connectivity index (χ4v) is 2.56. The molecule has 0 saturated heterocycles. The highest BCUT2D eigenvalue weighted by atomic mass is 79.9. The van der Waals surface area contributed by atoms with Crippen LogP contribution in [0.2, 0.25) is 0 Å². The molecule has 0 aliphatic rings. The lowest BCUT2D eigenvalue weighted by atomic mass is 10.2. The number of benzene rings is 1. The first-order valence-corrected chi connectivity index (χ1v) is 6.91. The van der Waals surface area contributed by atoms with E-state index in [1.165, 1.54) is 10.4 Å². The van der Waals surface area contributed by atoms with Crippen LogP contribution in [0.5, 0.6) is 0 Å². The Morgan fingerprint density at radius 1 is 1.29 bits per heavy atom. The van der Waals surface area contributed by atoms with Gasteiger partial charge in [-0.25, -0.2) is 0 Å². The summed E-state index contributed by atoms with van der Waals surface area (Å²) in [5.74, 6) is -0.0368. The van der Waals surface area contributed by atoms with Crippen molar-refractivity contribution in [1.82, 2.24) is 5.32 Å². The van der Waals surface area contributed by atoms with Crippen molar-refractivity contribution in [3.8, 4) is 0 Å². The van der Waals surface area contributed by atoms with Gasteiger partial charge in [-0.3, -0.25) is 4.79 Å². The molecule has 1 amide bonds. The van der Waals surface area contributed by atoms with Crippen molar-refractivity contribution in [1.29, 1.82) is 0 Å². The second-order valence-corrected chi connectivity index (χ2v) is 5.63. The molecule has 0 atom stereocenters. The first-order chi connectivity index (χ1) is 8.16. The maximum Gasteiger partial charge on any atom is 0.251 e. The van der Waals surface area contributed by atoms with Crippen molar-refractivity contribution < 1.29 is 4.79 Å². The Labute approximate surface area is 113 Å². The van der Waals surface area contributed by atoms with E-state index >= 15 is 0 Å². The number of hydrogen-bond acceptors (Lipinski definition) is 2. The van der Waals surface area contributed by atoms with Gasteiger partial charge in [-0.2, -0.15) is 0 Å². The molecule has 1 aromatic carbocycles. The zero-order valence-electron chi connectivity index (χ0n) is 9.37. The van der Waals surface area contributed by atoms with E-state index in [0.29, 0.717) is 12.1 Å². The van der Waals surface area contributed by atoms with E-state index in [9.17, 15) is 4.79 Å². The van der Waals surface area contributed by atoms with Crippen LogP contribution in [0.3, 0.4) is 0 Å². The summed E-state index contributed by atoms with van der Waals surface area (Å²) in [6.07, 6.45) is 0. The number of rotatable bonds is 3. The van der Waals surface area contributed by atoms with E-state index in [2.05, 4.69) is 34.2 Å². The van der Waals surface area contributed by atoms with Crippen LogP contribution in [-0.2, 0) is 6.54 Å². The lowest BCUT2D eigenvalue weighted by Crippen LogP contribution is -2.22. The highest BCUT2D eigenvalue weighted by molar-refractivity contribution is 9.10. The molecule has 4 heteroatoms. The molecular formula is C13H12BrNOS. The van der Waals surface area contributed by atoms with Gasteiger partial charge in [0.25, 0.3) is 5.91 Å². The summed E-state index contributed by atoms with van der Waals surface area (Å²) in [5.41, 5.74) is 1.91. The molecule has 0 aliphatic carbocycles. The molecule has 0 spiro atoms. The molecule has 1 N–H and O–H groups in total. The Kier molecular flexibility index (Phi) is 3.97. The molecule has 2 rings (SSSR count). The summed E-state index contributed by atoms with van der Waals surface area (Å²) in [6.45, 7) is 2.65. The summed E-state index contributed by atoms with van der Waals surface area (Å²) in [5, 5.41) is 4.96. The maximum absolute atomic E-state index is 11.8. The number of carbonyl (C=O) groups is 1. The van der Waals surface area contributed by atoms with Gasteiger partial charge in [0.05, 0.1) is 6.54 Å². The summed E-state index contributed by atoms with van der Waals surface area (Å²) in [7, 11) is 0. The number of thiophene rings is 1. The highest BCUT2D eigenvalue weighted by Gasteiger charge is 2.06. The molecule has 0 unspecified atom stereocenters. The zero-order valence-corrected chi connectivity index (χ0v) is 11.8. The van der Waals surface area contributed by atoms with E-state index in [1.807, 2.05) is 17.5 Å². The average molecular weight is 310 g/mol. The van der Waals surface area contributed by atoms with Crippen molar-refractivity contribution in [2.24, 2.45) is 0 Å². The molecule has 2 aromatic rings. The monoisotopic (exact) mass is 309 g/mol. The van der Waals surface area contributed by atoms with Crippen LogP contribution in [-0.4, -0.2) is 5.91 Å². The fraction of sp³-hybridized carbons (Fsp3) is 0.154. The second kappa shape index (κ2) is 5.47. The van der Waals surface area contributed by atoms with Crippen molar-refractivity contribution in [3.05, 3.63) is 56.2 Å². The quantitative estimate of drug-likeness (QED) is 0.919. The SMILES string of the molecule is Cc1ccsc1CNC(=O)c1ccc(Br)cc1. The molecule has 17 heavy (non-hydrogen) atoms. The number of amides is 1. The Bertz CT molecular complexity index is 518. The third-order valence-electron chi connectivity index (χ3n) is 2.48. The maximum atomic E-state index is 11.8. The van der Waals surface area contributed by atoms with E-state index in [1.54, 1.807) is 23.5 Å². The van der Waals surface area contributed by atoms with Crippen LogP contribution in [0.4, 0.5) is 0 Å². The minimum atomic E-state index is -0.0368. The summed E-state index contributed by atoms with van der Waals surface area (Å²) < 4.78 is 0.975. The average Bonchev–Trinajstić information content (AvgIpc) is 2.73. The van der Waals surface area contributed by atoms with Crippen LogP contribution in [0.15, 0.2) is 40.2 Å². The summed E-state index contributed by atoms with van der Waals surface area (Å²) >= 11 is 5.01. The van der Waals surface area contributed by atoms with Crippen LogP contribution in [0.1, 0.15) is 20.8 Å². The van der Waals surface area contributed by atoms with Crippen molar-refractivity contribution in [2.75, 3.05) is 0 Å². The summed E-state index contributed by atoms with van der Waals surface area (Å²) in [4.78, 5) is 13.0. The smallest absolute Gasteiger partial charge is 0.251 e. The minimum Gasteiger partial charge on any atom is -0.347 e. The van der Waals surface area contributed by atoms with Crippen LogP contribution in [0.25, 0.3) is 0 Å². The van der Waals surface area contributed by atoms with Crippen molar-refractivity contribution >= 4 is 33.2 Å². The lowest BCUT2D eigenvalue weighted by Gasteiger charge is -2.04. The van der Waals surface area contributed by atoms with Gasteiger partial charge in [-0.05, 0) is 48.2 Å². The second-order valence-electron chi connectivity index (χ2n) is 3.72. The summed E-state index contributed by atoms with van der Waals surface area (Å²) in [6, 6.07) is 9.41. The van der Waals surface area contributed by atoms with Gasteiger partial charge in [-0.15, -0.1) is 11.3 Å². The Morgan fingerprint density at radius 3 is 2.59 bits per heavy atom. The molecule has 0 fully saturated rings. The molecule has 0 aliphatic heterocycles. The van der Waals surface area contributed by atoms with E-state index in [4.69, 9.17) is 0 Å². The Hall–Kier alpha value is -1.13. The Balaban J connectivity index is 1.98. The Morgan fingerprint density at radius 2 is 2.00 bits per heavy atom. The van der Waals surface area contributed by atoms with E-state index < -0.39 is 0 Å². The first kappa shape index (κ1) is 12.3. The van der Waals surface area contributed by atoms with Gasteiger partial charge in [0, 0.05) is 14.9 Å². The molecule has 0 bridgehead atoms. The number of aryl methyl sites for hydroxylation is 1. The van der Waals surface area contributed by atoms with Gasteiger partial charge >= 0.3 is 0 Å². The molecule has 2 nitrogen and oxygen atoms in total. The van der Waals surface area contributed by atoms with Gasteiger partial charge < -0.3 is 5.32 Å². The largest absolute Gasteiger partial charge is 0.347 e. The molecule has 0 saturated carbocycles. The predicted octanol–water partition coefficient (Wildman–Crippen LogP) is 3.75. The van der Waals surface area contributed by atoms with Gasteiger partial charge in [0.1, 0.15) is 0 Å². The van der Waals surface area contributed by atoms with Crippen LogP contribution >= 0.6 is 27.3 Å². The minimum absolute atomic E-state index is 0.0368. The zero-order chi connectivity index (χ0) is 12.3. The van der Waals surface area contributed by atoms with E-state index in [-0.39, 0.29) is 5.91 Å². The van der Waals surface area contributed by atoms with Crippen LogP contribution < -0.4 is 5.32 Å². The number of hydrogen-bond donors (Lipinski definition) is 1. The topological polar surface area (TPSA) is 29.1 Å². The van der Waals surface area contributed by atoms with Crippen molar-refractivity contribution in [3.63, 3.8) is 0 Å². The number of halogens is 1. The molecule has 0 radical (unpaired) electrons. The highest BCUT2D eigenvalue weighted by Crippen LogP contribution is 2.15. The van der Waals surface area contributed by atoms with Crippen LogP contribution in [0, 0.1) is 6.92 Å². The van der Waals surface area contributed by atoms with Gasteiger partial charge in [0.2, 0.25) is 0 Å². The molecule has 1 aromatic heterocycles. The standard InChI is InChI=1S/C13H12BrNOS/c1-9-6-7-17-12(9)8-15-13(16)10-2-4-11(14)5-3-10/h2-7H,8H2,1H3,(H,15,16). The third kappa shape index (κ3) is 3.17. The lowest BCUT2D eigenvalue weighted by molar-refractivity contribution is 0.0951. The van der Waals surface area contributed by atoms with Gasteiger partial charge in [0.15, 0.2) is 0 Å². The van der Waals surface area contributed by atoms with E-state index in [0.717, 1.165) is 4.47 Å². The van der Waals surface area contributed by atoms with Crippen molar-refractivity contribution in [2.45, 2.75) is 13.5 Å². The van der Waals surface area contributed by atoms with Gasteiger partial charge in [-0.1, -0.05) is 15.9 Å². The molecular weight excluding hydrogens is 298 g/mol. The third-order valence-corrected chi connectivity index (χ3v) is 4.04. The fourth-order valence-electron chi connectivity index (χ4n) is 1.45. The number of carbonyl (C=O) groups excluding carboxylic acids is 1. The molecule has 1 heterocycles. The molecule has 88 valence electrons.